The largest absolute Gasteiger partial charge is 0.389 e. The average Bonchev–Trinajstić information content (AvgIpc) is 2.62. The van der Waals surface area contributed by atoms with Crippen LogP contribution in [0.3, 0.4) is 0 Å². The summed E-state index contributed by atoms with van der Waals surface area (Å²) in [5.41, 5.74) is 5.43. The number of hydrogen-bond donors (Lipinski definition) is 2. The lowest BCUT2D eigenvalue weighted by Gasteiger charge is -2.28. The van der Waals surface area contributed by atoms with E-state index in [-0.39, 0.29) is 5.60 Å². The molecule has 1 aliphatic heterocycles. The molecule has 0 bridgehead atoms. The molecule has 3 heteroatoms. The van der Waals surface area contributed by atoms with Crippen molar-refractivity contribution >= 4 is 0 Å². The van der Waals surface area contributed by atoms with Gasteiger partial charge in [0.05, 0.1) is 5.60 Å². The van der Waals surface area contributed by atoms with Gasteiger partial charge in [-0.1, -0.05) is 12.8 Å². The highest BCUT2D eigenvalue weighted by Gasteiger charge is 2.34. The number of nitrogens with zero attached hydrogens (tertiary/aromatic N) is 1. The first-order chi connectivity index (χ1) is 6.18. The second-order valence-corrected chi connectivity index (χ2v) is 4.72. The summed E-state index contributed by atoms with van der Waals surface area (Å²) in [6.45, 7) is 2.90. The summed E-state index contributed by atoms with van der Waals surface area (Å²) in [5, 5.41) is 10.2. The molecule has 0 amide bonds. The number of rotatable bonds is 2. The van der Waals surface area contributed by atoms with Crippen molar-refractivity contribution in [3.8, 4) is 0 Å². The van der Waals surface area contributed by atoms with E-state index >= 15 is 0 Å². The van der Waals surface area contributed by atoms with Crippen molar-refractivity contribution in [2.24, 2.45) is 5.73 Å². The van der Waals surface area contributed by atoms with E-state index in [1.807, 2.05) is 0 Å². The minimum absolute atomic E-state index is 0.338. The SMILES string of the molecule is N[C@H]1CCN(CC2(O)CCCC2)C1. The van der Waals surface area contributed by atoms with E-state index < -0.39 is 0 Å². The maximum absolute atomic E-state index is 10.2. The highest BCUT2D eigenvalue weighted by Crippen LogP contribution is 2.30. The second-order valence-electron chi connectivity index (χ2n) is 4.72. The molecule has 0 spiro atoms. The lowest BCUT2D eigenvalue weighted by molar-refractivity contribution is 0.0155. The molecular weight excluding hydrogens is 164 g/mol. The third kappa shape index (κ3) is 2.22. The van der Waals surface area contributed by atoms with Crippen LogP contribution in [-0.4, -0.2) is 41.3 Å². The van der Waals surface area contributed by atoms with Gasteiger partial charge >= 0.3 is 0 Å². The van der Waals surface area contributed by atoms with Crippen LogP contribution >= 0.6 is 0 Å². The van der Waals surface area contributed by atoms with Gasteiger partial charge in [-0.2, -0.15) is 0 Å². The summed E-state index contributed by atoms with van der Waals surface area (Å²) in [5.74, 6) is 0. The fourth-order valence-electron chi connectivity index (χ4n) is 2.61. The summed E-state index contributed by atoms with van der Waals surface area (Å²) in [6, 6.07) is 0.338. The Hall–Kier alpha value is -0.120. The van der Waals surface area contributed by atoms with Gasteiger partial charge in [-0.15, -0.1) is 0 Å². The van der Waals surface area contributed by atoms with Crippen LogP contribution in [0.1, 0.15) is 32.1 Å². The summed E-state index contributed by atoms with van der Waals surface area (Å²) in [6.07, 6.45) is 5.44. The van der Waals surface area contributed by atoms with Crippen molar-refractivity contribution in [1.82, 2.24) is 4.90 Å². The maximum Gasteiger partial charge on any atom is 0.0774 e. The molecule has 1 saturated heterocycles. The summed E-state index contributed by atoms with van der Waals surface area (Å²) in [4.78, 5) is 2.32. The Morgan fingerprint density at radius 2 is 2.08 bits per heavy atom. The van der Waals surface area contributed by atoms with Gasteiger partial charge in [0.15, 0.2) is 0 Å². The topological polar surface area (TPSA) is 49.5 Å². The van der Waals surface area contributed by atoms with E-state index in [0.29, 0.717) is 6.04 Å². The van der Waals surface area contributed by atoms with Gasteiger partial charge in [0.25, 0.3) is 0 Å². The molecule has 3 N–H and O–H groups in total. The van der Waals surface area contributed by atoms with E-state index in [2.05, 4.69) is 4.90 Å². The van der Waals surface area contributed by atoms with Crippen LogP contribution in [0.4, 0.5) is 0 Å². The van der Waals surface area contributed by atoms with Crippen LogP contribution in [0.5, 0.6) is 0 Å². The molecule has 2 aliphatic rings. The molecule has 1 atom stereocenters. The van der Waals surface area contributed by atoms with Crippen LogP contribution in [0.15, 0.2) is 0 Å². The first kappa shape index (κ1) is 9.44. The number of hydrogen-bond acceptors (Lipinski definition) is 3. The summed E-state index contributed by atoms with van der Waals surface area (Å²) in [7, 11) is 0. The monoisotopic (exact) mass is 184 g/mol. The third-order valence-corrected chi connectivity index (χ3v) is 3.36. The first-order valence-corrected chi connectivity index (χ1v) is 5.38. The Labute approximate surface area is 79.9 Å². The standard InChI is InChI=1S/C10H20N2O/c11-9-3-6-12(7-9)8-10(13)4-1-2-5-10/h9,13H,1-8,11H2/t9-/m0/s1. The Morgan fingerprint density at radius 1 is 1.38 bits per heavy atom. The number of β-amino-alcohol motifs (C(OH)–C–C–N with tert-alkyl or cyclic N) is 1. The molecule has 0 unspecified atom stereocenters. The normalized spacial score (nSPS) is 34.2. The third-order valence-electron chi connectivity index (χ3n) is 3.36. The van der Waals surface area contributed by atoms with Crippen molar-refractivity contribution in [3.63, 3.8) is 0 Å². The van der Waals surface area contributed by atoms with Crippen LogP contribution < -0.4 is 5.73 Å². The van der Waals surface area contributed by atoms with Gasteiger partial charge in [-0.25, -0.2) is 0 Å². The minimum atomic E-state index is -0.385. The zero-order valence-electron chi connectivity index (χ0n) is 8.21. The smallest absolute Gasteiger partial charge is 0.0774 e. The maximum atomic E-state index is 10.2. The van der Waals surface area contributed by atoms with Gasteiger partial charge in [0, 0.05) is 19.1 Å². The fourth-order valence-corrected chi connectivity index (χ4v) is 2.61. The van der Waals surface area contributed by atoms with Gasteiger partial charge in [-0.05, 0) is 25.8 Å². The molecule has 3 nitrogen and oxygen atoms in total. The molecule has 76 valence electrons. The van der Waals surface area contributed by atoms with Gasteiger partial charge in [0.1, 0.15) is 0 Å². The van der Waals surface area contributed by atoms with Crippen molar-refractivity contribution in [2.45, 2.75) is 43.7 Å². The fraction of sp³-hybridized carbons (Fsp3) is 1.00. The van der Waals surface area contributed by atoms with E-state index in [1.54, 1.807) is 0 Å². The van der Waals surface area contributed by atoms with Crippen molar-refractivity contribution < 1.29 is 5.11 Å². The molecule has 1 saturated carbocycles. The lowest BCUT2D eigenvalue weighted by Crippen LogP contribution is -2.40. The Morgan fingerprint density at radius 3 is 2.62 bits per heavy atom. The van der Waals surface area contributed by atoms with Gasteiger partial charge in [-0.3, -0.25) is 4.90 Å². The number of nitrogens with two attached hydrogens (primary N) is 1. The Balaban J connectivity index is 1.83. The molecule has 1 heterocycles. The highest BCUT2D eigenvalue weighted by atomic mass is 16.3. The molecule has 2 fully saturated rings. The number of likely N-dealkylation sites (tertiary alicyclic amines) is 1. The van der Waals surface area contributed by atoms with E-state index in [9.17, 15) is 5.11 Å². The molecule has 13 heavy (non-hydrogen) atoms. The molecule has 0 aromatic rings. The van der Waals surface area contributed by atoms with E-state index in [1.165, 1.54) is 12.8 Å². The van der Waals surface area contributed by atoms with Gasteiger partial charge < -0.3 is 10.8 Å². The Bertz CT molecular complexity index is 178. The molecule has 2 rings (SSSR count). The van der Waals surface area contributed by atoms with Crippen LogP contribution in [0.25, 0.3) is 0 Å². The highest BCUT2D eigenvalue weighted by molar-refractivity contribution is 4.90. The molecular formula is C10H20N2O. The predicted octanol–water partition coefficient (Wildman–Crippen LogP) is 0.324. The quantitative estimate of drug-likeness (QED) is 0.650. The van der Waals surface area contributed by atoms with E-state index in [4.69, 9.17) is 5.73 Å². The first-order valence-electron chi connectivity index (χ1n) is 5.38. The summed E-state index contributed by atoms with van der Waals surface area (Å²) >= 11 is 0. The molecule has 0 aromatic carbocycles. The minimum Gasteiger partial charge on any atom is -0.389 e. The predicted molar refractivity (Wildman–Crippen MR) is 52.5 cm³/mol. The van der Waals surface area contributed by atoms with Crippen molar-refractivity contribution in [1.29, 1.82) is 0 Å². The van der Waals surface area contributed by atoms with Crippen molar-refractivity contribution in [2.75, 3.05) is 19.6 Å². The zero-order chi connectivity index (χ0) is 9.31. The second kappa shape index (κ2) is 3.56. The van der Waals surface area contributed by atoms with Crippen LogP contribution in [0.2, 0.25) is 0 Å². The zero-order valence-corrected chi connectivity index (χ0v) is 8.21. The van der Waals surface area contributed by atoms with Crippen LogP contribution in [0, 0.1) is 0 Å². The number of aliphatic hydroxyl groups is 1. The molecule has 1 aliphatic carbocycles. The van der Waals surface area contributed by atoms with Crippen molar-refractivity contribution in [3.05, 3.63) is 0 Å². The molecule has 0 radical (unpaired) electrons. The van der Waals surface area contributed by atoms with E-state index in [0.717, 1.165) is 38.9 Å². The Kier molecular flexibility index (Phi) is 2.58. The lowest BCUT2D eigenvalue weighted by atomic mass is 10.0. The summed E-state index contributed by atoms with van der Waals surface area (Å²) < 4.78 is 0. The van der Waals surface area contributed by atoms with Crippen LogP contribution in [-0.2, 0) is 0 Å². The average molecular weight is 184 g/mol. The molecule has 0 aromatic heterocycles. The van der Waals surface area contributed by atoms with Gasteiger partial charge in [0.2, 0.25) is 0 Å².